The van der Waals surface area contributed by atoms with E-state index in [1.165, 1.54) is 4.90 Å². The molecule has 0 aromatic heterocycles. The lowest BCUT2D eigenvalue weighted by Gasteiger charge is -2.46. The van der Waals surface area contributed by atoms with Crippen LogP contribution in [0.5, 0.6) is 0 Å². The van der Waals surface area contributed by atoms with Gasteiger partial charge in [-0.25, -0.2) is 0 Å². The first kappa shape index (κ1) is 36.9. The van der Waals surface area contributed by atoms with Gasteiger partial charge in [0.1, 0.15) is 12.7 Å². The van der Waals surface area contributed by atoms with Gasteiger partial charge in [-0.3, -0.25) is 33.7 Å². The molecule has 12 atom stereocenters. The van der Waals surface area contributed by atoms with Crippen LogP contribution in [0.4, 0.5) is 0 Å². The quantitative estimate of drug-likeness (QED) is 0.159. The van der Waals surface area contributed by atoms with Crippen molar-refractivity contribution in [2.75, 3.05) is 6.61 Å². The zero-order chi connectivity index (χ0) is 36.4. The molecule has 4 fully saturated rings. The van der Waals surface area contributed by atoms with Gasteiger partial charge in [-0.2, -0.15) is 0 Å². The zero-order valence-electron chi connectivity index (χ0n) is 28.3. The molecular formula is C34H42N2O14. The van der Waals surface area contributed by atoms with E-state index in [0.717, 1.165) is 33.3 Å². The molecule has 2 N–H and O–H groups in total. The summed E-state index contributed by atoms with van der Waals surface area (Å²) in [5.41, 5.74) is 1.03. The minimum Gasteiger partial charge on any atom is -0.463 e. The van der Waals surface area contributed by atoms with E-state index in [1.807, 2.05) is 30.3 Å². The molecule has 2 amide bonds. The minimum atomic E-state index is -1.61. The highest BCUT2D eigenvalue weighted by Crippen LogP contribution is 2.51. The Bertz CT molecular complexity index is 1520. The van der Waals surface area contributed by atoms with E-state index in [2.05, 4.69) is 5.16 Å². The van der Waals surface area contributed by atoms with Crippen molar-refractivity contribution in [2.24, 2.45) is 28.8 Å². The number of imide groups is 1. The van der Waals surface area contributed by atoms with Crippen LogP contribution in [0.15, 0.2) is 35.5 Å². The summed E-state index contributed by atoms with van der Waals surface area (Å²) in [4.78, 5) is 82.7. The second kappa shape index (κ2) is 15.2. The summed E-state index contributed by atoms with van der Waals surface area (Å²) in [6.45, 7) is 5.71. The van der Waals surface area contributed by atoms with Gasteiger partial charge in [-0.05, 0) is 25.3 Å². The molecule has 2 aliphatic carbocycles. The number of aliphatic hydroxyl groups is 2. The molecule has 2 saturated heterocycles. The Labute approximate surface area is 287 Å². The number of aliphatic hydroxyl groups excluding tert-OH is 2. The number of hydrogen-bond donors (Lipinski definition) is 2. The number of likely N-dealkylation sites (tertiary alicyclic amines) is 1. The standard InChI is InChI=1S/C34H42N2O14/c1-15(20-9-7-6-8-10-20)36-32(43)22-12-11-21-23(13-24(41)28(42)26(21)27(22)33(36)44)35-50-34-31(48-19(5)40)30(47-18(4)39)29(46-17(3)38)25(49-34)14-45-16(2)37/h6-10,15,21-22,24-31,34,41-42H,11-14H2,1-5H3/b35-23+/t15-,21-,22+,24+,25+,26-,27+,28?,29+,30-,31?,34-/m0/s1. The van der Waals surface area contributed by atoms with Crippen LogP contribution in [-0.4, -0.2) is 106 Å². The fourth-order valence-electron chi connectivity index (χ4n) is 7.65. The van der Waals surface area contributed by atoms with E-state index in [1.54, 1.807) is 6.92 Å². The van der Waals surface area contributed by atoms with Crippen LogP contribution < -0.4 is 0 Å². The Kier molecular flexibility index (Phi) is 11.2. The van der Waals surface area contributed by atoms with Gasteiger partial charge >= 0.3 is 23.9 Å². The van der Waals surface area contributed by atoms with Gasteiger partial charge in [0.25, 0.3) is 6.29 Å². The lowest BCUT2D eigenvalue weighted by atomic mass is 9.60. The maximum Gasteiger partial charge on any atom is 0.303 e. The summed E-state index contributed by atoms with van der Waals surface area (Å²) in [6.07, 6.45) is -9.52. The lowest BCUT2D eigenvalue weighted by Crippen LogP contribution is -2.62. The number of ether oxygens (including phenoxy) is 5. The monoisotopic (exact) mass is 702 g/mol. The molecule has 4 aliphatic rings. The SMILES string of the molecule is CC(=O)OC[C@H]1O[C@@H](O/N=C2\C[C@@H](O)C(O)[C@@H]3[C@@H]4C(=O)N([C@@H](C)c5ccccc5)C(=O)[C@@H]4CC[C@@H]23)C(OC(C)=O)[C@@H](OC(C)=O)[C@@H]1OC(C)=O. The summed E-state index contributed by atoms with van der Waals surface area (Å²) in [5.74, 6) is -7.00. The van der Waals surface area contributed by atoms with Crippen LogP contribution in [0, 0.1) is 23.7 Å². The molecule has 2 saturated carbocycles. The predicted molar refractivity (Wildman–Crippen MR) is 167 cm³/mol. The van der Waals surface area contributed by atoms with Crippen molar-refractivity contribution in [2.45, 2.75) is 103 Å². The van der Waals surface area contributed by atoms with Gasteiger partial charge in [0.2, 0.25) is 17.9 Å². The first-order valence-corrected chi connectivity index (χ1v) is 16.5. The maximum atomic E-state index is 14.0. The first-order chi connectivity index (χ1) is 23.7. The van der Waals surface area contributed by atoms with E-state index in [0.29, 0.717) is 12.8 Å². The van der Waals surface area contributed by atoms with E-state index in [4.69, 9.17) is 28.5 Å². The van der Waals surface area contributed by atoms with Crippen LogP contribution in [-0.2, 0) is 57.3 Å². The number of carbonyl (C=O) groups excluding carboxylic acids is 6. The second-order valence-corrected chi connectivity index (χ2v) is 13.0. The second-order valence-electron chi connectivity index (χ2n) is 13.0. The van der Waals surface area contributed by atoms with Crippen LogP contribution in [0.25, 0.3) is 0 Å². The number of carbonyl (C=O) groups is 6. The predicted octanol–water partition coefficient (Wildman–Crippen LogP) is 0.956. The number of nitrogens with zero attached hydrogens (tertiary/aromatic N) is 2. The molecule has 2 unspecified atom stereocenters. The van der Waals surface area contributed by atoms with Gasteiger partial charge in [0.05, 0.1) is 35.8 Å². The van der Waals surface area contributed by atoms with Gasteiger partial charge in [0.15, 0.2) is 12.2 Å². The number of rotatable bonds is 9. The Balaban J connectivity index is 1.45. The molecule has 16 nitrogen and oxygen atoms in total. The molecule has 272 valence electrons. The highest BCUT2D eigenvalue weighted by atomic mass is 16.8. The van der Waals surface area contributed by atoms with Crippen molar-refractivity contribution in [3.63, 3.8) is 0 Å². The first-order valence-electron chi connectivity index (χ1n) is 16.5. The molecule has 1 aromatic rings. The number of esters is 4. The number of amides is 2. The normalized spacial score (nSPS) is 35.0. The Morgan fingerprint density at radius 1 is 0.860 bits per heavy atom. The van der Waals surface area contributed by atoms with Crippen molar-refractivity contribution < 1.29 is 67.5 Å². The average Bonchev–Trinajstić information content (AvgIpc) is 3.31. The van der Waals surface area contributed by atoms with Crippen molar-refractivity contribution in [1.29, 1.82) is 0 Å². The van der Waals surface area contributed by atoms with Crippen LogP contribution >= 0.6 is 0 Å². The number of fused-ring (bicyclic) bond motifs is 3. The summed E-state index contributed by atoms with van der Waals surface area (Å²) in [5, 5.41) is 26.5. The fraction of sp³-hybridized carbons (Fsp3) is 0.618. The summed E-state index contributed by atoms with van der Waals surface area (Å²) in [7, 11) is 0. The van der Waals surface area contributed by atoms with Crippen LogP contribution in [0.2, 0.25) is 0 Å². The molecule has 50 heavy (non-hydrogen) atoms. The Morgan fingerprint density at radius 2 is 1.46 bits per heavy atom. The minimum absolute atomic E-state index is 0.155. The van der Waals surface area contributed by atoms with E-state index < -0.39 is 109 Å². The summed E-state index contributed by atoms with van der Waals surface area (Å²) in [6, 6.07) is 8.56. The van der Waals surface area contributed by atoms with Crippen LogP contribution in [0.1, 0.15) is 65.5 Å². The third-order valence-electron chi connectivity index (χ3n) is 9.70. The third kappa shape index (κ3) is 7.51. The molecule has 16 heteroatoms. The van der Waals surface area contributed by atoms with Gasteiger partial charge in [-0.15, -0.1) is 0 Å². The largest absolute Gasteiger partial charge is 0.463 e. The molecule has 2 heterocycles. The van der Waals surface area contributed by atoms with Crippen molar-refractivity contribution in [3.05, 3.63) is 35.9 Å². The molecule has 2 aliphatic heterocycles. The number of oxime groups is 1. The van der Waals surface area contributed by atoms with Crippen molar-refractivity contribution in [3.8, 4) is 0 Å². The van der Waals surface area contributed by atoms with Gasteiger partial charge < -0.3 is 38.7 Å². The van der Waals surface area contributed by atoms with Crippen molar-refractivity contribution in [1.82, 2.24) is 4.90 Å². The summed E-state index contributed by atoms with van der Waals surface area (Å²) < 4.78 is 27.3. The lowest BCUT2D eigenvalue weighted by molar-refractivity contribution is -0.308. The number of hydrogen-bond acceptors (Lipinski definition) is 15. The molecule has 0 bridgehead atoms. The molecule has 1 aromatic carbocycles. The van der Waals surface area contributed by atoms with Gasteiger partial charge in [0, 0.05) is 46.0 Å². The molecule has 0 radical (unpaired) electrons. The average molecular weight is 703 g/mol. The van der Waals surface area contributed by atoms with E-state index >= 15 is 0 Å². The Morgan fingerprint density at radius 3 is 2.08 bits per heavy atom. The highest BCUT2D eigenvalue weighted by Gasteiger charge is 2.61. The van der Waals surface area contributed by atoms with E-state index in [9.17, 15) is 39.0 Å². The van der Waals surface area contributed by atoms with Gasteiger partial charge in [-0.1, -0.05) is 35.5 Å². The zero-order valence-corrected chi connectivity index (χ0v) is 28.3. The number of benzene rings is 1. The molecular weight excluding hydrogens is 660 g/mol. The smallest absolute Gasteiger partial charge is 0.303 e. The topological polar surface area (TPSA) is 214 Å². The van der Waals surface area contributed by atoms with Crippen molar-refractivity contribution >= 4 is 41.4 Å². The van der Waals surface area contributed by atoms with Crippen LogP contribution in [0.3, 0.4) is 0 Å². The fourth-order valence-corrected chi connectivity index (χ4v) is 7.65. The molecule has 0 spiro atoms. The summed E-state index contributed by atoms with van der Waals surface area (Å²) >= 11 is 0. The van der Waals surface area contributed by atoms with E-state index in [-0.39, 0.29) is 18.0 Å². The highest BCUT2D eigenvalue weighted by molar-refractivity contribution is 6.06. The third-order valence-corrected chi connectivity index (χ3v) is 9.70. The molecule has 5 rings (SSSR count). The maximum absolute atomic E-state index is 14.0. The Hall–Kier alpha value is -4.41.